The number of carbonyl (C=O) groups is 1. The second-order valence-corrected chi connectivity index (χ2v) is 5.33. The van der Waals surface area contributed by atoms with Crippen LogP contribution in [0.4, 0.5) is 17.1 Å². The van der Waals surface area contributed by atoms with E-state index in [1.807, 2.05) is 31.3 Å². The lowest BCUT2D eigenvalue weighted by Crippen LogP contribution is -2.42. The van der Waals surface area contributed by atoms with Crippen LogP contribution in [0.3, 0.4) is 0 Å². The number of nitrogens with two attached hydrogens (primary N) is 1. The molecule has 0 aliphatic carbocycles. The third kappa shape index (κ3) is 2.40. The van der Waals surface area contributed by atoms with Crippen molar-refractivity contribution in [1.29, 1.82) is 0 Å². The fourth-order valence-corrected chi connectivity index (χ4v) is 2.66. The van der Waals surface area contributed by atoms with E-state index >= 15 is 0 Å². The molecule has 3 rings (SSSR count). The summed E-state index contributed by atoms with van der Waals surface area (Å²) in [5.74, 6) is -0.180. The molecule has 0 unspecified atom stereocenters. The third-order valence-corrected chi connectivity index (χ3v) is 3.88. The number of aromatic nitrogens is 1. The molecule has 0 radical (unpaired) electrons. The smallest absolute Gasteiger partial charge is 0.261 e. The van der Waals surface area contributed by atoms with Gasteiger partial charge in [0.15, 0.2) is 0 Å². The Labute approximate surface area is 127 Å². The lowest BCUT2D eigenvalue weighted by Gasteiger charge is -2.35. The maximum absolute atomic E-state index is 12.8. The van der Waals surface area contributed by atoms with Crippen LogP contribution in [0.1, 0.15) is 10.4 Å². The summed E-state index contributed by atoms with van der Waals surface area (Å²) in [4.78, 5) is 20.6. The Balaban J connectivity index is 2.03. The van der Waals surface area contributed by atoms with Crippen molar-refractivity contribution in [3.63, 3.8) is 0 Å². The minimum atomic E-state index is -0.180. The summed E-state index contributed by atoms with van der Waals surface area (Å²) in [5.41, 5.74) is 8.35. The van der Waals surface area contributed by atoms with E-state index in [0.29, 0.717) is 17.8 Å². The topological polar surface area (TPSA) is 62.5 Å². The van der Waals surface area contributed by atoms with Crippen LogP contribution in [0.5, 0.6) is 0 Å². The Hall–Kier alpha value is -2.27. The number of benzene rings is 1. The van der Waals surface area contributed by atoms with Gasteiger partial charge in [0.25, 0.3) is 5.91 Å². The van der Waals surface area contributed by atoms with E-state index in [0.717, 1.165) is 17.9 Å². The first-order chi connectivity index (χ1) is 10.1. The monoisotopic (exact) mass is 302 g/mol. The molecule has 1 aromatic carbocycles. The van der Waals surface area contributed by atoms with E-state index in [1.165, 1.54) is 6.20 Å². The predicted molar refractivity (Wildman–Crippen MR) is 85.0 cm³/mol. The number of para-hydroxylation sites is 2. The zero-order chi connectivity index (χ0) is 15.0. The number of fused-ring (bicyclic) bond motifs is 1. The van der Waals surface area contributed by atoms with Gasteiger partial charge in [-0.25, -0.2) is 4.98 Å². The van der Waals surface area contributed by atoms with E-state index in [9.17, 15) is 4.79 Å². The van der Waals surface area contributed by atoms with Crippen LogP contribution in [0, 0.1) is 0 Å². The minimum Gasteiger partial charge on any atom is -0.397 e. The van der Waals surface area contributed by atoms with E-state index < -0.39 is 0 Å². The SMILES string of the molecule is CN1CCN(C(=O)c2cc(N)cnc2Cl)c2ccccc21. The van der Waals surface area contributed by atoms with Gasteiger partial charge in [0.05, 0.1) is 28.8 Å². The Morgan fingerprint density at radius 2 is 2.00 bits per heavy atom. The van der Waals surface area contributed by atoms with Gasteiger partial charge in [0.2, 0.25) is 0 Å². The molecule has 0 fully saturated rings. The van der Waals surface area contributed by atoms with Gasteiger partial charge in [-0.1, -0.05) is 23.7 Å². The normalized spacial score (nSPS) is 14.0. The number of hydrogen-bond donors (Lipinski definition) is 1. The molecule has 6 heteroatoms. The molecule has 0 spiro atoms. The molecule has 1 aliphatic heterocycles. The van der Waals surface area contributed by atoms with Crippen molar-refractivity contribution in [2.45, 2.75) is 0 Å². The van der Waals surface area contributed by atoms with Gasteiger partial charge in [-0.15, -0.1) is 0 Å². The van der Waals surface area contributed by atoms with Crippen molar-refractivity contribution in [2.75, 3.05) is 35.7 Å². The Bertz CT molecular complexity index is 704. The van der Waals surface area contributed by atoms with Crippen LogP contribution in [0.15, 0.2) is 36.5 Å². The van der Waals surface area contributed by atoms with Gasteiger partial charge in [-0.3, -0.25) is 4.79 Å². The van der Waals surface area contributed by atoms with Gasteiger partial charge in [-0.05, 0) is 18.2 Å². The molecular weight excluding hydrogens is 288 g/mol. The molecule has 1 aliphatic rings. The number of carbonyl (C=O) groups excluding carboxylic acids is 1. The van der Waals surface area contributed by atoms with Crippen molar-refractivity contribution in [3.8, 4) is 0 Å². The quantitative estimate of drug-likeness (QED) is 0.822. The van der Waals surface area contributed by atoms with Crippen molar-refractivity contribution in [1.82, 2.24) is 4.98 Å². The number of nitrogens with zero attached hydrogens (tertiary/aromatic N) is 3. The maximum Gasteiger partial charge on any atom is 0.261 e. The molecule has 2 aromatic rings. The van der Waals surface area contributed by atoms with Crippen molar-refractivity contribution in [3.05, 3.63) is 47.2 Å². The molecule has 0 atom stereocenters. The number of halogens is 1. The van der Waals surface area contributed by atoms with Crippen LogP contribution < -0.4 is 15.5 Å². The predicted octanol–water partition coefficient (Wildman–Crippen LogP) is 2.41. The van der Waals surface area contributed by atoms with Crippen molar-refractivity contribution < 1.29 is 4.79 Å². The van der Waals surface area contributed by atoms with Gasteiger partial charge in [0.1, 0.15) is 5.15 Å². The molecule has 5 nitrogen and oxygen atoms in total. The van der Waals surface area contributed by atoms with Gasteiger partial charge in [-0.2, -0.15) is 0 Å². The first-order valence-corrected chi connectivity index (χ1v) is 6.99. The number of hydrogen-bond acceptors (Lipinski definition) is 4. The number of pyridine rings is 1. The van der Waals surface area contributed by atoms with Gasteiger partial charge in [0, 0.05) is 20.1 Å². The molecule has 0 saturated heterocycles. The average molecular weight is 303 g/mol. The van der Waals surface area contributed by atoms with Crippen LogP contribution in [0.2, 0.25) is 5.15 Å². The molecule has 1 amide bonds. The van der Waals surface area contributed by atoms with Crippen molar-refractivity contribution >= 4 is 34.6 Å². The van der Waals surface area contributed by atoms with Gasteiger partial charge < -0.3 is 15.5 Å². The highest BCUT2D eigenvalue weighted by molar-refractivity contribution is 6.33. The van der Waals surface area contributed by atoms with E-state index in [-0.39, 0.29) is 11.1 Å². The molecule has 2 heterocycles. The molecule has 108 valence electrons. The van der Waals surface area contributed by atoms with Crippen LogP contribution in [0.25, 0.3) is 0 Å². The van der Waals surface area contributed by atoms with Crippen LogP contribution in [-0.2, 0) is 0 Å². The lowest BCUT2D eigenvalue weighted by atomic mass is 10.1. The fraction of sp³-hybridized carbons (Fsp3) is 0.200. The Morgan fingerprint density at radius 1 is 1.29 bits per heavy atom. The Kier molecular flexibility index (Phi) is 3.43. The summed E-state index contributed by atoms with van der Waals surface area (Å²) >= 11 is 6.04. The number of nitrogen functional groups attached to an aromatic ring is 1. The molecule has 21 heavy (non-hydrogen) atoms. The Morgan fingerprint density at radius 3 is 2.76 bits per heavy atom. The molecule has 0 bridgehead atoms. The zero-order valence-corrected chi connectivity index (χ0v) is 12.3. The summed E-state index contributed by atoms with van der Waals surface area (Å²) in [6, 6.07) is 9.36. The lowest BCUT2D eigenvalue weighted by molar-refractivity contribution is 0.0986. The van der Waals surface area contributed by atoms with Gasteiger partial charge >= 0.3 is 0 Å². The number of likely N-dealkylation sites (N-methyl/N-ethyl adjacent to an activating group) is 1. The third-order valence-electron chi connectivity index (χ3n) is 3.58. The summed E-state index contributed by atoms with van der Waals surface area (Å²) < 4.78 is 0. The number of rotatable bonds is 1. The highest BCUT2D eigenvalue weighted by Gasteiger charge is 2.27. The summed E-state index contributed by atoms with van der Waals surface area (Å²) in [5, 5.41) is 0.172. The van der Waals surface area contributed by atoms with Crippen molar-refractivity contribution in [2.24, 2.45) is 0 Å². The van der Waals surface area contributed by atoms with E-state index in [1.54, 1.807) is 11.0 Å². The first-order valence-electron chi connectivity index (χ1n) is 6.61. The molecular formula is C15H15ClN4O. The number of amides is 1. The zero-order valence-electron chi connectivity index (χ0n) is 11.6. The number of anilines is 3. The maximum atomic E-state index is 12.8. The highest BCUT2D eigenvalue weighted by atomic mass is 35.5. The summed E-state index contributed by atoms with van der Waals surface area (Å²) in [7, 11) is 2.01. The summed E-state index contributed by atoms with van der Waals surface area (Å²) in [6.45, 7) is 1.35. The summed E-state index contributed by atoms with van der Waals surface area (Å²) in [6.07, 6.45) is 1.44. The second kappa shape index (κ2) is 5.26. The minimum absolute atomic E-state index is 0.172. The second-order valence-electron chi connectivity index (χ2n) is 4.97. The largest absolute Gasteiger partial charge is 0.397 e. The molecule has 1 aromatic heterocycles. The molecule has 0 saturated carbocycles. The average Bonchev–Trinajstić information content (AvgIpc) is 2.50. The first kappa shape index (κ1) is 13.7. The standard InChI is InChI=1S/C15H15ClN4O/c1-19-6-7-20(13-5-3-2-4-12(13)19)15(21)11-8-10(17)9-18-14(11)16/h2-5,8-9H,6-7,17H2,1H3. The fourth-order valence-electron chi connectivity index (χ4n) is 2.48. The van der Waals surface area contributed by atoms with Crippen LogP contribution >= 0.6 is 11.6 Å². The van der Waals surface area contributed by atoms with E-state index in [2.05, 4.69) is 9.88 Å². The molecule has 2 N–H and O–H groups in total. The highest BCUT2D eigenvalue weighted by Crippen LogP contribution is 2.33. The van der Waals surface area contributed by atoms with Crippen LogP contribution in [-0.4, -0.2) is 31.0 Å². The van der Waals surface area contributed by atoms with E-state index in [4.69, 9.17) is 17.3 Å².